The molecule has 0 aromatic heterocycles. The van der Waals surface area contributed by atoms with Crippen LogP contribution in [0.25, 0.3) is 6.08 Å². The molecule has 1 amide bonds. The number of hydrogen-bond donors (Lipinski definition) is 1. The number of rotatable bonds is 6. The highest BCUT2D eigenvalue weighted by Gasteiger charge is 2.30. The first-order valence-corrected chi connectivity index (χ1v) is 10.6. The van der Waals surface area contributed by atoms with E-state index in [0.717, 1.165) is 29.3 Å². The molecule has 0 saturated heterocycles. The molecule has 4 nitrogen and oxygen atoms in total. The fourth-order valence-corrected chi connectivity index (χ4v) is 3.81. The molecule has 0 fully saturated rings. The maximum atomic E-state index is 13.5. The normalized spacial score (nSPS) is 11.6. The number of ether oxygens (including phenoxy) is 1. The minimum atomic E-state index is -4.56. The van der Waals surface area contributed by atoms with E-state index in [1.165, 1.54) is 31.4 Å². The molecular formula is C25H17BrF4N2O2. The first kappa shape index (κ1) is 25.0. The standard InChI is InChI=1S/C25H17BrF4N2O2/c1-34-23-12-16(11-22(26)21(23)10-15-4-2-6-19(27)9-15)8-17(14-31)24(33)32-20-7-3-5-18(13-20)25(28,29)30/h2-9,11-13H,10H2,1H3,(H,32,33)/b17-8+. The zero-order valence-corrected chi connectivity index (χ0v) is 19.3. The number of alkyl halides is 3. The van der Waals surface area contributed by atoms with Crippen molar-refractivity contribution in [2.45, 2.75) is 12.6 Å². The Morgan fingerprint density at radius 2 is 1.88 bits per heavy atom. The highest BCUT2D eigenvalue weighted by Crippen LogP contribution is 2.33. The quantitative estimate of drug-likeness (QED) is 0.217. The number of methoxy groups -OCH3 is 1. The van der Waals surface area contributed by atoms with Gasteiger partial charge in [-0.2, -0.15) is 18.4 Å². The summed E-state index contributed by atoms with van der Waals surface area (Å²) < 4.78 is 58.3. The van der Waals surface area contributed by atoms with E-state index >= 15 is 0 Å². The third-order valence-corrected chi connectivity index (χ3v) is 5.50. The van der Waals surface area contributed by atoms with Crippen molar-refractivity contribution in [3.8, 4) is 11.8 Å². The average Bonchev–Trinajstić information content (AvgIpc) is 2.78. The van der Waals surface area contributed by atoms with Crippen molar-refractivity contribution in [2.75, 3.05) is 12.4 Å². The van der Waals surface area contributed by atoms with Gasteiger partial charge in [0.05, 0.1) is 12.7 Å². The summed E-state index contributed by atoms with van der Waals surface area (Å²) in [6, 6.07) is 15.3. The summed E-state index contributed by atoms with van der Waals surface area (Å²) >= 11 is 3.45. The van der Waals surface area contributed by atoms with Crippen molar-refractivity contribution in [1.82, 2.24) is 0 Å². The van der Waals surface area contributed by atoms with Crippen molar-refractivity contribution in [2.24, 2.45) is 0 Å². The number of hydrogen-bond acceptors (Lipinski definition) is 3. The molecule has 0 aliphatic heterocycles. The highest BCUT2D eigenvalue weighted by atomic mass is 79.9. The van der Waals surface area contributed by atoms with Gasteiger partial charge in [0.25, 0.3) is 5.91 Å². The predicted molar refractivity (Wildman–Crippen MR) is 124 cm³/mol. The molecule has 0 aliphatic rings. The van der Waals surface area contributed by atoms with E-state index in [1.807, 2.05) is 0 Å². The SMILES string of the molecule is COc1cc(/C=C(\C#N)C(=O)Nc2cccc(C(F)(F)F)c2)cc(Br)c1Cc1cccc(F)c1. The number of nitrogens with one attached hydrogen (secondary N) is 1. The number of anilines is 1. The lowest BCUT2D eigenvalue weighted by Crippen LogP contribution is -2.14. The van der Waals surface area contributed by atoms with Crippen LogP contribution in [0.1, 0.15) is 22.3 Å². The second-order valence-corrected chi connectivity index (χ2v) is 8.05. The molecule has 3 rings (SSSR count). The van der Waals surface area contributed by atoms with Gasteiger partial charge in [-0.25, -0.2) is 4.39 Å². The Morgan fingerprint density at radius 3 is 2.53 bits per heavy atom. The summed E-state index contributed by atoms with van der Waals surface area (Å²) in [5, 5.41) is 11.8. The smallest absolute Gasteiger partial charge is 0.416 e. The van der Waals surface area contributed by atoms with Gasteiger partial charge >= 0.3 is 6.18 Å². The van der Waals surface area contributed by atoms with Gasteiger partial charge in [-0.05, 0) is 59.7 Å². The molecule has 0 radical (unpaired) electrons. The summed E-state index contributed by atoms with van der Waals surface area (Å²) in [6.45, 7) is 0. The lowest BCUT2D eigenvalue weighted by Gasteiger charge is -2.13. The zero-order valence-electron chi connectivity index (χ0n) is 17.7. The Hall–Kier alpha value is -3.64. The molecule has 0 heterocycles. The van der Waals surface area contributed by atoms with Gasteiger partial charge in [0, 0.05) is 22.1 Å². The van der Waals surface area contributed by atoms with Gasteiger partial charge in [0.15, 0.2) is 0 Å². The van der Waals surface area contributed by atoms with Crippen molar-refractivity contribution in [1.29, 1.82) is 5.26 Å². The monoisotopic (exact) mass is 532 g/mol. The molecule has 3 aromatic rings. The Bertz CT molecular complexity index is 1300. The maximum absolute atomic E-state index is 13.5. The van der Waals surface area contributed by atoms with Crippen molar-refractivity contribution in [3.05, 3.63) is 98.8 Å². The molecule has 0 unspecified atom stereocenters. The summed E-state index contributed by atoms with van der Waals surface area (Å²) in [5.74, 6) is -0.779. The third kappa shape index (κ3) is 6.23. The van der Waals surface area contributed by atoms with Crippen LogP contribution in [0.5, 0.6) is 5.75 Å². The Labute approximate surface area is 201 Å². The van der Waals surface area contributed by atoms with Crippen LogP contribution in [0.4, 0.5) is 23.2 Å². The van der Waals surface area contributed by atoms with Crippen LogP contribution in [0.2, 0.25) is 0 Å². The Morgan fingerprint density at radius 1 is 1.15 bits per heavy atom. The van der Waals surface area contributed by atoms with Crippen molar-refractivity contribution >= 4 is 33.6 Å². The lowest BCUT2D eigenvalue weighted by molar-refractivity contribution is -0.137. The zero-order chi connectivity index (χ0) is 24.9. The first-order chi connectivity index (χ1) is 16.1. The van der Waals surface area contributed by atoms with E-state index in [2.05, 4.69) is 21.2 Å². The maximum Gasteiger partial charge on any atom is 0.416 e. The molecule has 34 heavy (non-hydrogen) atoms. The molecule has 0 atom stereocenters. The Balaban J connectivity index is 1.87. The molecule has 0 bridgehead atoms. The molecule has 174 valence electrons. The molecule has 0 spiro atoms. The second-order valence-electron chi connectivity index (χ2n) is 7.19. The number of carbonyl (C=O) groups excluding carboxylic acids is 1. The van der Waals surface area contributed by atoms with Crippen LogP contribution in [0.15, 0.2) is 70.7 Å². The van der Waals surface area contributed by atoms with E-state index in [0.29, 0.717) is 22.2 Å². The topological polar surface area (TPSA) is 62.1 Å². The average molecular weight is 533 g/mol. The van der Waals surface area contributed by atoms with E-state index in [4.69, 9.17) is 4.74 Å². The summed E-state index contributed by atoms with van der Waals surface area (Å²) in [6.07, 6.45) is -2.90. The third-order valence-electron chi connectivity index (χ3n) is 4.79. The van der Waals surface area contributed by atoms with E-state index in [-0.39, 0.29) is 17.1 Å². The first-order valence-electron chi connectivity index (χ1n) is 9.82. The molecule has 9 heteroatoms. The van der Waals surface area contributed by atoms with Gasteiger partial charge in [-0.3, -0.25) is 4.79 Å². The number of halogens is 5. The van der Waals surface area contributed by atoms with Gasteiger partial charge in [0.2, 0.25) is 0 Å². The van der Waals surface area contributed by atoms with Gasteiger partial charge in [0.1, 0.15) is 23.2 Å². The second kappa shape index (κ2) is 10.5. The number of nitriles is 1. The minimum absolute atomic E-state index is 0.0924. The molecule has 0 saturated carbocycles. The molecular weight excluding hydrogens is 516 g/mol. The summed E-state index contributed by atoms with van der Waals surface area (Å²) in [5.41, 5.74) is 0.574. The molecule has 0 aliphatic carbocycles. The highest BCUT2D eigenvalue weighted by molar-refractivity contribution is 9.10. The predicted octanol–water partition coefficient (Wildman–Crippen LogP) is 6.75. The van der Waals surface area contributed by atoms with Gasteiger partial charge in [-0.15, -0.1) is 0 Å². The lowest BCUT2D eigenvalue weighted by atomic mass is 10.0. The minimum Gasteiger partial charge on any atom is -0.496 e. The van der Waals surface area contributed by atoms with E-state index < -0.39 is 17.6 Å². The van der Waals surface area contributed by atoms with Crippen LogP contribution < -0.4 is 10.1 Å². The van der Waals surface area contributed by atoms with Gasteiger partial charge < -0.3 is 10.1 Å². The number of carbonyl (C=O) groups is 1. The van der Waals surface area contributed by atoms with Crippen LogP contribution in [0.3, 0.4) is 0 Å². The van der Waals surface area contributed by atoms with Crippen LogP contribution in [-0.4, -0.2) is 13.0 Å². The largest absolute Gasteiger partial charge is 0.496 e. The van der Waals surface area contributed by atoms with E-state index in [1.54, 1.807) is 30.3 Å². The van der Waals surface area contributed by atoms with Crippen molar-refractivity contribution < 1.29 is 27.1 Å². The number of amides is 1. The van der Waals surface area contributed by atoms with Gasteiger partial charge in [-0.1, -0.05) is 34.1 Å². The van der Waals surface area contributed by atoms with Crippen LogP contribution in [-0.2, 0) is 17.4 Å². The fourth-order valence-electron chi connectivity index (χ4n) is 3.21. The van der Waals surface area contributed by atoms with E-state index in [9.17, 15) is 27.6 Å². The molecule has 3 aromatic carbocycles. The molecule has 1 N–H and O–H groups in total. The van der Waals surface area contributed by atoms with Crippen LogP contribution >= 0.6 is 15.9 Å². The number of benzene rings is 3. The fraction of sp³-hybridized carbons (Fsp3) is 0.120. The summed E-state index contributed by atoms with van der Waals surface area (Å²) in [7, 11) is 1.45. The van der Waals surface area contributed by atoms with Crippen molar-refractivity contribution in [3.63, 3.8) is 0 Å². The summed E-state index contributed by atoms with van der Waals surface area (Å²) in [4.78, 5) is 12.5. The Kier molecular flexibility index (Phi) is 7.74. The van der Waals surface area contributed by atoms with Crippen LogP contribution in [0, 0.1) is 17.1 Å². The number of nitrogens with zero attached hydrogens (tertiary/aromatic N) is 1.